The smallest absolute Gasteiger partial charge is 0.244 e. The summed E-state index contributed by atoms with van der Waals surface area (Å²) in [6.45, 7) is 6.78. The number of carbonyl (C=O) groups is 2. The first-order valence-corrected chi connectivity index (χ1v) is 13.6. The molecule has 0 spiro atoms. The summed E-state index contributed by atoms with van der Waals surface area (Å²) in [6.07, 6.45) is 1.35. The van der Waals surface area contributed by atoms with Crippen LogP contribution in [0.15, 0.2) is 46.9 Å². The molecule has 186 valence electrons. The number of hydrogen-bond donors (Lipinski definition) is 1. The predicted octanol–water partition coefficient (Wildman–Crippen LogP) is 3.99. The van der Waals surface area contributed by atoms with Crippen molar-refractivity contribution >= 4 is 43.5 Å². The van der Waals surface area contributed by atoms with Gasteiger partial charge in [-0.15, -0.1) is 0 Å². The van der Waals surface area contributed by atoms with Crippen LogP contribution in [0.4, 0.5) is 10.1 Å². The highest BCUT2D eigenvalue weighted by Gasteiger charge is 2.32. The summed E-state index contributed by atoms with van der Waals surface area (Å²) in [5.41, 5.74) is 1.78. The largest absolute Gasteiger partial charge is 0.352 e. The van der Waals surface area contributed by atoms with Gasteiger partial charge in [0, 0.05) is 17.1 Å². The molecule has 1 N–H and O–H groups in total. The lowest BCUT2D eigenvalue weighted by Gasteiger charge is -2.33. The average Bonchev–Trinajstić information content (AvgIpc) is 2.74. The Morgan fingerprint density at radius 2 is 1.74 bits per heavy atom. The molecule has 34 heavy (non-hydrogen) atoms. The molecule has 1 atom stereocenters. The van der Waals surface area contributed by atoms with Gasteiger partial charge in [0.1, 0.15) is 18.4 Å². The summed E-state index contributed by atoms with van der Waals surface area (Å²) in [5.74, 6) is -1.29. The number of anilines is 1. The second kappa shape index (κ2) is 11.8. The Morgan fingerprint density at radius 1 is 1.12 bits per heavy atom. The van der Waals surface area contributed by atoms with E-state index in [1.54, 1.807) is 25.1 Å². The molecule has 2 amide bonds. The Morgan fingerprint density at radius 3 is 2.24 bits per heavy atom. The second-order valence-electron chi connectivity index (χ2n) is 8.44. The van der Waals surface area contributed by atoms with Crippen LogP contribution < -0.4 is 9.62 Å². The monoisotopic (exact) mass is 555 g/mol. The van der Waals surface area contributed by atoms with Gasteiger partial charge in [0.2, 0.25) is 21.8 Å². The molecule has 2 aromatic rings. The Labute approximate surface area is 209 Å². The Balaban J connectivity index is 2.45. The lowest BCUT2D eigenvalue weighted by molar-refractivity contribution is -0.140. The number of rotatable bonds is 10. The molecule has 7 nitrogen and oxygen atoms in total. The van der Waals surface area contributed by atoms with Gasteiger partial charge in [-0.3, -0.25) is 13.9 Å². The molecular weight excluding hydrogens is 525 g/mol. The minimum Gasteiger partial charge on any atom is -0.352 e. The Kier molecular flexibility index (Phi) is 9.64. The Bertz CT molecular complexity index is 1120. The maximum Gasteiger partial charge on any atom is 0.244 e. The third-order valence-corrected chi connectivity index (χ3v) is 7.22. The molecule has 0 aliphatic heterocycles. The molecule has 0 unspecified atom stereocenters. The zero-order chi connectivity index (χ0) is 25.6. The van der Waals surface area contributed by atoms with Crippen LogP contribution in [-0.4, -0.2) is 50.0 Å². The van der Waals surface area contributed by atoms with Crippen LogP contribution in [0.25, 0.3) is 0 Å². The van der Waals surface area contributed by atoms with Crippen molar-refractivity contribution in [1.29, 1.82) is 0 Å². The first kappa shape index (κ1) is 27.8. The van der Waals surface area contributed by atoms with Gasteiger partial charge in [-0.1, -0.05) is 35.0 Å². The van der Waals surface area contributed by atoms with Gasteiger partial charge in [0.25, 0.3) is 0 Å². The SMILES string of the molecule is CC[C@H](C(=O)NC(C)C)N(Cc1ccc(F)cc1)C(=O)CN(c1ccc(Br)c(C)c1)S(C)(=O)=O. The highest BCUT2D eigenvalue weighted by atomic mass is 79.9. The number of hydrogen-bond acceptors (Lipinski definition) is 4. The van der Waals surface area contributed by atoms with Gasteiger partial charge in [0.15, 0.2) is 0 Å². The number of sulfonamides is 1. The standard InChI is InChI=1S/C24H31BrFN3O4S/c1-6-22(24(31)27-16(2)3)28(14-18-7-9-19(26)10-8-18)23(30)15-29(34(5,32)33)20-11-12-21(25)17(4)13-20/h7-13,16,22H,6,14-15H2,1-5H3,(H,27,31)/t22-/m1/s1. The molecule has 10 heteroatoms. The van der Waals surface area contributed by atoms with Crippen LogP contribution in [-0.2, 0) is 26.2 Å². The molecule has 0 saturated carbocycles. The second-order valence-corrected chi connectivity index (χ2v) is 11.2. The van der Waals surface area contributed by atoms with Crippen molar-refractivity contribution in [3.05, 3.63) is 63.9 Å². The van der Waals surface area contributed by atoms with Crippen LogP contribution in [0, 0.1) is 12.7 Å². The molecule has 2 aromatic carbocycles. The van der Waals surface area contributed by atoms with Crippen molar-refractivity contribution in [1.82, 2.24) is 10.2 Å². The first-order chi connectivity index (χ1) is 15.8. The van der Waals surface area contributed by atoms with E-state index in [4.69, 9.17) is 0 Å². The number of nitrogens with one attached hydrogen (secondary N) is 1. The third kappa shape index (κ3) is 7.53. The van der Waals surface area contributed by atoms with Crippen LogP contribution in [0.5, 0.6) is 0 Å². The number of nitrogens with zero attached hydrogens (tertiary/aromatic N) is 2. The molecule has 0 heterocycles. The lowest BCUT2D eigenvalue weighted by Crippen LogP contribution is -2.53. The first-order valence-electron chi connectivity index (χ1n) is 10.9. The van der Waals surface area contributed by atoms with Crippen molar-refractivity contribution in [2.75, 3.05) is 17.1 Å². The normalized spacial score (nSPS) is 12.4. The quantitative estimate of drug-likeness (QED) is 0.480. The van der Waals surface area contributed by atoms with E-state index in [0.29, 0.717) is 17.7 Å². The number of aryl methyl sites for hydroxylation is 1. The van der Waals surface area contributed by atoms with Crippen LogP contribution in [0.2, 0.25) is 0 Å². The van der Waals surface area contributed by atoms with Crippen molar-refractivity contribution in [2.45, 2.75) is 52.7 Å². The molecule has 0 radical (unpaired) electrons. The third-order valence-electron chi connectivity index (χ3n) is 5.19. The maximum absolute atomic E-state index is 13.5. The van der Waals surface area contributed by atoms with E-state index in [-0.39, 0.29) is 18.5 Å². The molecule has 0 aliphatic rings. The summed E-state index contributed by atoms with van der Waals surface area (Å²) in [4.78, 5) is 27.8. The summed E-state index contributed by atoms with van der Waals surface area (Å²) < 4.78 is 40.5. The molecule has 0 saturated heterocycles. The minimum absolute atomic E-state index is 0.0279. The summed E-state index contributed by atoms with van der Waals surface area (Å²) in [6, 6.07) is 9.67. The van der Waals surface area contributed by atoms with Crippen LogP contribution in [0.1, 0.15) is 38.3 Å². The van der Waals surface area contributed by atoms with E-state index < -0.39 is 34.3 Å². The van der Waals surface area contributed by atoms with E-state index in [0.717, 1.165) is 20.6 Å². The summed E-state index contributed by atoms with van der Waals surface area (Å²) in [5, 5.41) is 2.82. The van der Waals surface area contributed by atoms with E-state index in [9.17, 15) is 22.4 Å². The summed E-state index contributed by atoms with van der Waals surface area (Å²) >= 11 is 3.39. The number of halogens is 2. The van der Waals surface area contributed by atoms with E-state index in [1.807, 2.05) is 20.8 Å². The fourth-order valence-electron chi connectivity index (χ4n) is 3.48. The highest BCUT2D eigenvalue weighted by molar-refractivity contribution is 9.10. The van der Waals surface area contributed by atoms with Crippen LogP contribution >= 0.6 is 15.9 Å². The maximum atomic E-state index is 13.5. The number of carbonyl (C=O) groups excluding carboxylic acids is 2. The van der Waals surface area contributed by atoms with Crippen molar-refractivity contribution < 1.29 is 22.4 Å². The molecular formula is C24H31BrFN3O4S. The van der Waals surface area contributed by atoms with Crippen molar-refractivity contribution in [3.63, 3.8) is 0 Å². The molecule has 0 aromatic heterocycles. The molecule has 0 fully saturated rings. The minimum atomic E-state index is -3.81. The fraction of sp³-hybridized carbons (Fsp3) is 0.417. The summed E-state index contributed by atoms with van der Waals surface area (Å²) in [7, 11) is -3.81. The number of amides is 2. The van der Waals surface area contributed by atoms with Crippen LogP contribution in [0.3, 0.4) is 0 Å². The molecule has 2 rings (SSSR count). The van der Waals surface area contributed by atoms with E-state index in [2.05, 4.69) is 21.2 Å². The van der Waals surface area contributed by atoms with E-state index >= 15 is 0 Å². The fourth-order valence-corrected chi connectivity index (χ4v) is 4.57. The highest BCUT2D eigenvalue weighted by Crippen LogP contribution is 2.25. The van der Waals surface area contributed by atoms with Gasteiger partial charge in [-0.05, 0) is 68.7 Å². The van der Waals surface area contributed by atoms with E-state index in [1.165, 1.54) is 29.2 Å². The Hall–Kier alpha value is -2.46. The lowest BCUT2D eigenvalue weighted by atomic mass is 10.1. The zero-order valence-electron chi connectivity index (χ0n) is 20.0. The number of benzene rings is 2. The molecule has 0 aliphatic carbocycles. The zero-order valence-corrected chi connectivity index (χ0v) is 22.4. The van der Waals surface area contributed by atoms with Gasteiger partial charge in [0.05, 0.1) is 11.9 Å². The van der Waals surface area contributed by atoms with Crippen molar-refractivity contribution in [3.8, 4) is 0 Å². The average molecular weight is 556 g/mol. The van der Waals surface area contributed by atoms with Gasteiger partial charge >= 0.3 is 0 Å². The van der Waals surface area contributed by atoms with Gasteiger partial charge < -0.3 is 10.2 Å². The molecule has 0 bridgehead atoms. The van der Waals surface area contributed by atoms with Crippen molar-refractivity contribution in [2.24, 2.45) is 0 Å². The predicted molar refractivity (Wildman–Crippen MR) is 135 cm³/mol. The topological polar surface area (TPSA) is 86.8 Å². The van der Waals surface area contributed by atoms with Gasteiger partial charge in [-0.2, -0.15) is 0 Å². The van der Waals surface area contributed by atoms with Gasteiger partial charge in [-0.25, -0.2) is 12.8 Å².